The number of hydrogen-bond donors (Lipinski definition) is 2. The number of esters is 1. The molecule has 1 aromatic heterocycles. The lowest BCUT2D eigenvalue weighted by Crippen LogP contribution is -2.24. The Kier molecular flexibility index (Phi) is 7.76. The molecule has 8 nitrogen and oxygen atoms in total. The number of carbonyl (C=O) groups is 2. The highest BCUT2D eigenvalue weighted by Crippen LogP contribution is 2.15. The Labute approximate surface area is 162 Å². The summed E-state index contributed by atoms with van der Waals surface area (Å²) in [6.45, 7) is 3.79. The van der Waals surface area contributed by atoms with E-state index in [0.29, 0.717) is 29.9 Å². The van der Waals surface area contributed by atoms with Crippen LogP contribution >= 0.6 is 0 Å². The van der Waals surface area contributed by atoms with E-state index >= 15 is 0 Å². The molecule has 0 saturated carbocycles. The Bertz CT molecular complexity index is 873. The van der Waals surface area contributed by atoms with Crippen molar-refractivity contribution in [1.82, 2.24) is 4.57 Å². The fourth-order valence-electron chi connectivity index (χ4n) is 2.67. The first-order valence-electron chi connectivity index (χ1n) is 9.03. The molecule has 1 aromatic carbocycles. The molecule has 2 rings (SSSR count). The summed E-state index contributed by atoms with van der Waals surface area (Å²) in [5.41, 5.74) is 1.17. The first-order valence-corrected chi connectivity index (χ1v) is 9.03. The fraction of sp³-hybridized carbons (Fsp3) is 0.350. The number of carbonyl (C=O) groups excluding carboxylic acids is 2. The van der Waals surface area contributed by atoms with Gasteiger partial charge in [-0.1, -0.05) is 6.92 Å². The minimum absolute atomic E-state index is 0.0718. The summed E-state index contributed by atoms with van der Waals surface area (Å²) in [4.78, 5) is 35.9. The molecule has 0 fully saturated rings. The van der Waals surface area contributed by atoms with E-state index in [1.807, 2.05) is 6.92 Å². The van der Waals surface area contributed by atoms with Gasteiger partial charge in [-0.15, -0.1) is 0 Å². The molecule has 150 valence electrons. The average molecular weight is 388 g/mol. The summed E-state index contributed by atoms with van der Waals surface area (Å²) in [5, 5.41) is 11.8. The zero-order chi connectivity index (χ0) is 20.5. The molecule has 2 N–H and O–H groups in total. The molecule has 2 aromatic rings. The number of nitrogens with one attached hydrogen (secondary N) is 1. The van der Waals surface area contributed by atoms with Crippen LogP contribution in [0.2, 0.25) is 0 Å². The molecule has 0 spiro atoms. The molecule has 0 bridgehead atoms. The van der Waals surface area contributed by atoms with Crippen molar-refractivity contribution in [1.29, 1.82) is 0 Å². The molecule has 0 aliphatic heterocycles. The van der Waals surface area contributed by atoms with Crippen LogP contribution in [0.5, 0.6) is 5.75 Å². The average Bonchev–Trinajstić information content (AvgIpc) is 2.69. The van der Waals surface area contributed by atoms with Crippen molar-refractivity contribution in [2.24, 2.45) is 0 Å². The van der Waals surface area contributed by atoms with Crippen molar-refractivity contribution in [3.63, 3.8) is 0 Å². The molecule has 8 heteroatoms. The molecule has 0 saturated heterocycles. The van der Waals surface area contributed by atoms with E-state index < -0.39 is 11.9 Å². The Morgan fingerprint density at radius 1 is 1.14 bits per heavy atom. The van der Waals surface area contributed by atoms with Crippen LogP contribution in [0.25, 0.3) is 0 Å². The Morgan fingerprint density at radius 3 is 2.46 bits per heavy atom. The quantitative estimate of drug-likeness (QED) is 0.632. The lowest BCUT2D eigenvalue weighted by atomic mass is 10.2. The van der Waals surface area contributed by atoms with Gasteiger partial charge < -0.3 is 24.5 Å². The minimum atomic E-state index is -0.442. The van der Waals surface area contributed by atoms with Gasteiger partial charge in [-0.05, 0) is 37.6 Å². The van der Waals surface area contributed by atoms with Gasteiger partial charge in [0.1, 0.15) is 0 Å². The van der Waals surface area contributed by atoms with Crippen LogP contribution in [0, 0.1) is 0 Å². The number of aliphatic hydroxyl groups is 1. The van der Waals surface area contributed by atoms with E-state index in [-0.39, 0.29) is 31.0 Å². The number of anilines is 1. The molecule has 28 heavy (non-hydrogen) atoms. The number of nitrogens with zero attached hydrogens (tertiary/aromatic N) is 1. The molecule has 0 radical (unpaired) electrons. The molecule has 0 atom stereocenters. The van der Waals surface area contributed by atoms with E-state index in [4.69, 9.17) is 14.6 Å². The van der Waals surface area contributed by atoms with Gasteiger partial charge in [-0.2, -0.15) is 0 Å². The van der Waals surface area contributed by atoms with Gasteiger partial charge in [0.2, 0.25) is 5.43 Å². The summed E-state index contributed by atoms with van der Waals surface area (Å²) in [7, 11) is 0. The summed E-state index contributed by atoms with van der Waals surface area (Å²) >= 11 is 0. The van der Waals surface area contributed by atoms with Crippen LogP contribution in [0.1, 0.15) is 29.9 Å². The lowest BCUT2D eigenvalue weighted by Gasteiger charge is -2.15. The van der Waals surface area contributed by atoms with Crippen molar-refractivity contribution in [2.45, 2.75) is 26.8 Å². The number of ether oxygens (including phenoxy) is 2. The monoisotopic (exact) mass is 388 g/mol. The second-order valence-corrected chi connectivity index (χ2v) is 5.86. The Balaban J connectivity index is 2.02. The summed E-state index contributed by atoms with van der Waals surface area (Å²) < 4.78 is 12.1. The maximum atomic E-state index is 12.2. The highest BCUT2D eigenvalue weighted by atomic mass is 16.5. The third-order valence-electron chi connectivity index (χ3n) is 3.94. The van der Waals surface area contributed by atoms with Crippen molar-refractivity contribution in [2.75, 3.05) is 25.1 Å². The van der Waals surface area contributed by atoms with Crippen molar-refractivity contribution >= 4 is 17.6 Å². The summed E-state index contributed by atoms with van der Waals surface area (Å²) in [6.07, 6.45) is 2.11. The number of amides is 1. The maximum absolute atomic E-state index is 12.2. The molecule has 1 amide bonds. The number of pyridine rings is 1. The molecular weight excluding hydrogens is 364 g/mol. The zero-order valence-electron chi connectivity index (χ0n) is 15.9. The van der Waals surface area contributed by atoms with Crippen LogP contribution in [-0.4, -0.2) is 41.4 Å². The number of aromatic nitrogens is 1. The molecule has 0 aliphatic rings. The van der Waals surface area contributed by atoms with Crippen LogP contribution in [0.4, 0.5) is 5.69 Å². The van der Waals surface area contributed by atoms with Crippen LogP contribution in [0.15, 0.2) is 41.3 Å². The van der Waals surface area contributed by atoms with Gasteiger partial charge in [0, 0.05) is 24.5 Å². The normalized spacial score (nSPS) is 10.4. The lowest BCUT2D eigenvalue weighted by molar-refractivity contribution is -0.118. The summed E-state index contributed by atoms with van der Waals surface area (Å²) in [6, 6.07) is 7.61. The zero-order valence-corrected chi connectivity index (χ0v) is 15.9. The van der Waals surface area contributed by atoms with Crippen LogP contribution in [-0.2, 0) is 22.5 Å². The standard InChI is InChI=1S/C20H24N2O6/c1-3-16-19(17(24)9-10-22(16)11-12-23)28-13-18(25)21-15-7-5-14(6-8-15)20(26)27-4-2/h5-10,23H,3-4,11-13H2,1-2H3,(H,21,25). The Morgan fingerprint density at radius 2 is 1.86 bits per heavy atom. The van der Waals surface area contributed by atoms with Crippen LogP contribution < -0.4 is 15.5 Å². The SMILES string of the molecule is CCOC(=O)c1ccc(NC(=O)COc2c(CC)n(CCO)ccc2=O)cc1. The topological polar surface area (TPSA) is 107 Å². The van der Waals surface area contributed by atoms with E-state index in [1.165, 1.54) is 6.07 Å². The van der Waals surface area contributed by atoms with Gasteiger partial charge in [0.05, 0.1) is 24.5 Å². The molecule has 1 heterocycles. The number of hydrogen-bond acceptors (Lipinski definition) is 6. The third kappa shape index (κ3) is 5.43. The van der Waals surface area contributed by atoms with Crippen molar-refractivity contribution < 1.29 is 24.2 Å². The molecule has 0 aliphatic carbocycles. The number of rotatable bonds is 9. The second-order valence-electron chi connectivity index (χ2n) is 5.86. The van der Waals surface area contributed by atoms with E-state index in [9.17, 15) is 14.4 Å². The second kappa shape index (κ2) is 10.3. The van der Waals surface area contributed by atoms with Gasteiger partial charge in [0.15, 0.2) is 12.4 Å². The van der Waals surface area contributed by atoms with E-state index in [2.05, 4.69) is 5.32 Å². The smallest absolute Gasteiger partial charge is 0.338 e. The third-order valence-corrected chi connectivity index (χ3v) is 3.94. The minimum Gasteiger partial charge on any atom is -0.478 e. The molecular formula is C20H24N2O6. The highest BCUT2D eigenvalue weighted by molar-refractivity contribution is 5.93. The number of aliphatic hydroxyl groups excluding tert-OH is 1. The number of benzene rings is 1. The Hall–Kier alpha value is -3.13. The highest BCUT2D eigenvalue weighted by Gasteiger charge is 2.13. The molecule has 0 unspecified atom stereocenters. The predicted molar refractivity (Wildman–Crippen MR) is 104 cm³/mol. The fourth-order valence-corrected chi connectivity index (χ4v) is 2.67. The van der Waals surface area contributed by atoms with Gasteiger partial charge in [-0.3, -0.25) is 9.59 Å². The largest absolute Gasteiger partial charge is 0.478 e. The van der Waals surface area contributed by atoms with E-state index in [0.717, 1.165) is 0 Å². The van der Waals surface area contributed by atoms with Gasteiger partial charge in [-0.25, -0.2) is 4.79 Å². The summed E-state index contributed by atoms with van der Waals surface area (Å²) in [5.74, 6) is -0.770. The van der Waals surface area contributed by atoms with Gasteiger partial charge in [0.25, 0.3) is 5.91 Å². The van der Waals surface area contributed by atoms with Crippen molar-refractivity contribution in [3.05, 3.63) is 58.0 Å². The maximum Gasteiger partial charge on any atom is 0.338 e. The van der Waals surface area contributed by atoms with Crippen molar-refractivity contribution in [3.8, 4) is 5.75 Å². The van der Waals surface area contributed by atoms with Gasteiger partial charge >= 0.3 is 5.97 Å². The van der Waals surface area contributed by atoms with Crippen LogP contribution in [0.3, 0.4) is 0 Å². The van der Waals surface area contributed by atoms with E-state index in [1.54, 1.807) is 42.0 Å². The first kappa shape index (κ1) is 21.2. The first-order chi connectivity index (χ1) is 13.5. The predicted octanol–water partition coefficient (Wildman–Crippen LogP) is 1.60.